The highest BCUT2D eigenvalue weighted by molar-refractivity contribution is 6.23. The Balaban J connectivity index is 1.01. The largest absolute Gasteiger partial charge is 0.455 e. The minimum absolute atomic E-state index is 0.490. The van der Waals surface area contributed by atoms with E-state index < -0.39 is 5.41 Å². The molecule has 0 unspecified atom stereocenters. The summed E-state index contributed by atoms with van der Waals surface area (Å²) in [6.07, 6.45) is 0. The summed E-state index contributed by atoms with van der Waals surface area (Å²) in [7, 11) is 0. The van der Waals surface area contributed by atoms with Crippen molar-refractivity contribution in [1.82, 2.24) is 0 Å². The van der Waals surface area contributed by atoms with Gasteiger partial charge in [0.1, 0.15) is 16.7 Å². The fraction of sp³-hybridized carbons (Fsp3) is 0.0154. The van der Waals surface area contributed by atoms with E-state index in [-0.39, 0.29) is 0 Å². The van der Waals surface area contributed by atoms with E-state index >= 15 is 0 Å². The summed E-state index contributed by atoms with van der Waals surface area (Å²) in [6.45, 7) is 0. The number of para-hydroxylation sites is 3. The summed E-state index contributed by atoms with van der Waals surface area (Å²) in [5, 5.41) is 6.56. The van der Waals surface area contributed by atoms with E-state index in [1.54, 1.807) is 0 Å². The highest BCUT2D eigenvalue weighted by atomic mass is 16.3. The van der Waals surface area contributed by atoms with Crippen molar-refractivity contribution in [1.29, 1.82) is 0 Å². The van der Waals surface area contributed by atoms with E-state index in [4.69, 9.17) is 8.83 Å². The van der Waals surface area contributed by atoms with Crippen LogP contribution in [0.5, 0.6) is 0 Å². The van der Waals surface area contributed by atoms with Gasteiger partial charge in [0.25, 0.3) is 0 Å². The van der Waals surface area contributed by atoms with Crippen LogP contribution in [0.4, 0.5) is 17.1 Å². The van der Waals surface area contributed by atoms with E-state index in [9.17, 15) is 0 Å². The fourth-order valence-electron chi connectivity index (χ4n) is 12.1. The van der Waals surface area contributed by atoms with Gasteiger partial charge in [0, 0.05) is 44.0 Å². The molecule has 2 aliphatic rings. The first-order valence-electron chi connectivity index (χ1n) is 23.4. The Morgan fingerprint density at radius 2 is 0.853 bits per heavy atom. The average Bonchev–Trinajstić information content (AvgIpc) is 4.14. The van der Waals surface area contributed by atoms with Crippen molar-refractivity contribution >= 4 is 71.7 Å². The molecule has 2 aliphatic carbocycles. The molecule has 0 saturated carbocycles. The zero-order valence-corrected chi connectivity index (χ0v) is 36.8. The van der Waals surface area contributed by atoms with Crippen LogP contribution in [0.3, 0.4) is 0 Å². The molecule has 3 nitrogen and oxygen atoms in total. The van der Waals surface area contributed by atoms with Gasteiger partial charge in [0.2, 0.25) is 0 Å². The van der Waals surface area contributed by atoms with Crippen molar-refractivity contribution in [3.05, 3.63) is 259 Å². The van der Waals surface area contributed by atoms with Crippen molar-refractivity contribution < 1.29 is 8.83 Å². The molecule has 11 aromatic carbocycles. The maximum absolute atomic E-state index is 7.46. The highest BCUT2D eigenvalue weighted by Gasteiger charge is 2.51. The predicted molar refractivity (Wildman–Crippen MR) is 280 cm³/mol. The summed E-state index contributed by atoms with van der Waals surface area (Å²) in [6, 6.07) is 86.1. The summed E-state index contributed by atoms with van der Waals surface area (Å²) >= 11 is 0. The molecule has 316 valence electrons. The molecule has 2 aromatic heterocycles. The monoisotopic (exact) mass is 865 g/mol. The van der Waals surface area contributed by atoms with Crippen LogP contribution in [-0.4, -0.2) is 0 Å². The lowest BCUT2D eigenvalue weighted by Gasteiger charge is -2.32. The molecular weight excluding hydrogens is 827 g/mol. The van der Waals surface area contributed by atoms with Gasteiger partial charge < -0.3 is 13.7 Å². The van der Waals surface area contributed by atoms with E-state index in [0.29, 0.717) is 0 Å². The first-order chi connectivity index (χ1) is 33.7. The van der Waals surface area contributed by atoms with Gasteiger partial charge in [0.15, 0.2) is 5.58 Å². The lowest BCUT2D eigenvalue weighted by atomic mass is 9.70. The Morgan fingerprint density at radius 3 is 1.59 bits per heavy atom. The normalized spacial score (nSPS) is 13.1. The molecule has 3 heteroatoms. The number of rotatable bonds is 5. The molecule has 0 radical (unpaired) electrons. The number of hydrogen-bond acceptors (Lipinski definition) is 3. The van der Waals surface area contributed by atoms with Crippen molar-refractivity contribution in [2.75, 3.05) is 4.90 Å². The third-order valence-corrected chi connectivity index (χ3v) is 14.9. The summed E-state index contributed by atoms with van der Waals surface area (Å²) < 4.78 is 14.2. The van der Waals surface area contributed by atoms with Crippen molar-refractivity contribution in [2.45, 2.75) is 5.41 Å². The smallest absolute Gasteiger partial charge is 0.159 e. The first-order valence-corrected chi connectivity index (χ1v) is 23.4. The molecule has 0 bridgehead atoms. The van der Waals surface area contributed by atoms with E-state index in [1.165, 1.54) is 50.1 Å². The molecule has 0 amide bonds. The van der Waals surface area contributed by atoms with Gasteiger partial charge >= 0.3 is 0 Å². The molecule has 68 heavy (non-hydrogen) atoms. The molecule has 2 heterocycles. The van der Waals surface area contributed by atoms with Crippen LogP contribution in [0.1, 0.15) is 22.3 Å². The zero-order chi connectivity index (χ0) is 44.5. The number of anilines is 3. The molecule has 0 fully saturated rings. The standard InChI is InChI=1S/C65H39NO2/c1-2-16-40(17-3-1)41-32-34-43(35-33-41)66(44-36-37-49-48-22-8-12-29-57(48)65(58(49)39-44)55-27-10-6-20-46(55)47-21-7-11-28-56(47)65)59-30-15-25-52-54-38-42-18-4-5-19-45(42)61(64(54)68-63(52)59)53-26-14-24-51-50-23-9-13-31-60(50)67-62(51)53/h1-39H. The lowest BCUT2D eigenvalue weighted by molar-refractivity contribution is 0.665. The second kappa shape index (κ2) is 14.0. The third-order valence-electron chi connectivity index (χ3n) is 14.9. The van der Waals surface area contributed by atoms with Crippen LogP contribution >= 0.6 is 0 Å². The number of furan rings is 2. The lowest BCUT2D eigenvalue weighted by Crippen LogP contribution is -2.26. The number of fused-ring (bicyclic) bond motifs is 17. The number of nitrogens with zero attached hydrogens (tertiary/aromatic N) is 1. The second-order valence-electron chi connectivity index (χ2n) is 18.3. The summed E-state index contributed by atoms with van der Waals surface area (Å²) in [5.41, 5.74) is 20.7. The van der Waals surface area contributed by atoms with Crippen molar-refractivity contribution in [2.24, 2.45) is 0 Å². The number of hydrogen-bond donors (Lipinski definition) is 0. The average molecular weight is 866 g/mol. The molecule has 0 N–H and O–H groups in total. The second-order valence-corrected chi connectivity index (χ2v) is 18.3. The Labute approximate surface area is 392 Å². The molecular formula is C65H39NO2. The fourth-order valence-corrected chi connectivity index (χ4v) is 12.1. The summed E-state index contributed by atoms with van der Waals surface area (Å²) in [4.78, 5) is 2.41. The third kappa shape index (κ3) is 5.02. The van der Waals surface area contributed by atoms with Crippen LogP contribution in [0.25, 0.3) is 99.2 Å². The van der Waals surface area contributed by atoms with Crippen LogP contribution in [0.15, 0.2) is 245 Å². The Morgan fingerprint density at radius 1 is 0.309 bits per heavy atom. The van der Waals surface area contributed by atoms with Gasteiger partial charge in [-0.15, -0.1) is 0 Å². The molecule has 0 saturated heterocycles. The van der Waals surface area contributed by atoms with Crippen molar-refractivity contribution in [3.63, 3.8) is 0 Å². The maximum Gasteiger partial charge on any atom is 0.159 e. The SMILES string of the molecule is c1ccc(-c2ccc(N(c3ccc4c(c3)C3(c5ccccc5-c5ccccc53)c3ccccc3-4)c3cccc4c3oc3c(-c5cccc6c5oc5ccccc56)c5ccccc5cc34)cc2)cc1. The Kier molecular flexibility index (Phi) is 7.71. The minimum Gasteiger partial charge on any atom is -0.455 e. The van der Waals surface area contributed by atoms with Gasteiger partial charge in [-0.05, 0) is 109 Å². The summed E-state index contributed by atoms with van der Waals surface area (Å²) in [5.74, 6) is 0. The zero-order valence-electron chi connectivity index (χ0n) is 36.8. The van der Waals surface area contributed by atoms with E-state index in [0.717, 1.165) is 88.4 Å². The van der Waals surface area contributed by atoms with Crippen LogP contribution in [0.2, 0.25) is 0 Å². The highest BCUT2D eigenvalue weighted by Crippen LogP contribution is 2.63. The number of benzene rings is 11. The maximum atomic E-state index is 7.46. The van der Waals surface area contributed by atoms with E-state index in [2.05, 4.69) is 235 Å². The Hall–Kier alpha value is -8.92. The van der Waals surface area contributed by atoms with Gasteiger partial charge in [-0.25, -0.2) is 0 Å². The molecule has 0 aliphatic heterocycles. The van der Waals surface area contributed by atoms with Crippen molar-refractivity contribution in [3.8, 4) is 44.5 Å². The quantitative estimate of drug-likeness (QED) is 0.173. The van der Waals surface area contributed by atoms with Crippen LogP contribution < -0.4 is 4.90 Å². The predicted octanol–water partition coefficient (Wildman–Crippen LogP) is 17.8. The van der Waals surface area contributed by atoms with Gasteiger partial charge in [-0.1, -0.05) is 194 Å². The Bertz CT molecular complexity index is 4150. The van der Waals surface area contributed by atoms with Gasteiger partial charge in [0.05, 0.1) is 11.1 Å². The van der Waals surface area contributed by atoms with Gasteiger partial charge in [-0.3, -0.25) is 0 Å². The van der Waals surface area contributed by atoms with Crippen LogP contribution in [-0.2, 0) is 5.41 Å². The molecule has 13 aromatic rings. The molecule has 0 atom stereocenters. The first kappa shape index (κ1) is 37.3. The molecule has 15 rings (SSSR count). The minimum atomic E-state index is -0.490. The molecule has 1 spiro atoms. The van der Waals surface area contributed by atoms with Crippen LogP contribution in [0, 0.1) is 0 Å². The van der Waals surface area contributed by atoms with E-state index in [1.807, 2.05) is 6.07 Å². The topological polar surface area (TPSA) is 29.5 Å². The van der Waals surface area contributed by atoms with Gasteiger partial charge in [-0.2, -0.15) is 0 Å².